The van der Waals surface area contributed by atoms with Gasteiger partial charge in [0.05, 0.1) is 5.92 Å². The lowest BCUT2D eigenvalue weighted by atomic mass is 9.34. The van der Waals surface area contributed by atoms with Crippen molar-refractivity contribution in [3.05, 3.63) is 11.6 Å². The molecule has 0 amide bonds. The minimum atomic E-state index is -0.568. The number of carbonyl (C=O) groups is 2. The predicted octanol–water partition coefficient (Wildman–Crippen LogP) is 7.30. The number of hydrogen-bond acceptors (Lipinski definition) is 2. The summed E-state index contributed by atoms with van der Waals surface area (Å²) in [6, 6.07) is 0. The number of Topliss-reactive ketones (excluding diaryl/α,β-unsaturated/α-hetero) is 1. The van der Waals surface area contributed by atoms with Crippen LogP contribution in [-0.2, 0) is 9.59 Å². The Morgan fingerprint density at radius 3 is 2.24 bits per heavy atom. The topological polar surface area (TPSA) is 54.4 Å². The second-order valence-electron chi connectivity index (χ2n) is 14.8. The van der Waals surface area contributed by atoms with E-state index < -0.39 is 5.97 Å². The summed E-state index contributed by atoms with van der Waals surface area (Å²) in [5.41, 5.74) is 1.87. The van der Waals surface area contributed by atoms with E-state index in [9.17, 15) is 14.7 Å². The molecule has 0 heterocycles. The number of aliphatic carboxylic acids is 1. The van der Waals surface area contributed by atoms with Crippen molar-refractivity contribution in [3.8, 4) is 0 Å². The second kappa shape index (κ2) is 6.97. The van der Waals surface area contributed by atoms with Gasteiger partial charge >= 0.3 is 5.97 Å². The molecule has 0 bridgehead atoms. The van der Waals surface area contributed by atoms with E-state index in [1.165, 1.54) is 0 Å². The third-order valence-corrected chi connectivity index (χ3v) is 12.5. The molecule has 0 unspecified atom stereocenters. The molecule has 5 aliphatic carbocycles. The van der Waals surface area contributed by atoms with Crippen molar-refractivity contribution in [2.45, 2.75) is 106 Å². The fourth-order valence-corrected chi connectivity index (χ4v) is 10.6. The minimum absolute atomic E-state index is 0.0375. The van der Waals surface area contributed by atoms with Crippen molar-refractivity contribution in [1.29, 1.82) is 0 Å². The first-order valence-corrected chi connectivity index (χ1v) is 13.6. The molecule has 0 aromatic heterocycles. The molecule has 0 radical (unpaired) electrons. The van der Waals surface area contributed by atoms with Gasteiger partial charge < -0.3 is 5.11 Å². The second-order valence-corrected chi connectivity index (χ2v) is 14.8. The van der Waals surface area contributed by atoms with Crippen LogP contribution in [0.15, 0.2) is 11.6 Å². The third kappa shape index (κ3) is 2.99. The van der Waals surface area contributed by atoms with Crippen LogP contribution in [0.5, 0.6) is 0 Å². The predicted molar refractivity (Wildman–Crippen MR) is 132 cm³/mol. The molecule has 0 saturated heterocycles. The lowest BCUT2D eigenvalue weighted by molar-refractivity contribution is -0.192. The van der Waals surface area contributed by atoms with E-state index in [-0.39, 0.29) is 27.6 Å². The zero-order chi connectivity index (χ0) is 24.2. The molecule has 4 fully saturated rings. The van der Waals surface area contributed by atoms with Crippen molar-refractivity contribution < 1.29 is 14.7 Å². The quantitative estimate of drug-likeness (QED) is 0.423. The van der Waals surface area contributed by atoms with E-state index in [2.05, 4.69) is 54.5 Å². The van der Waals surface area contributed by atoms with Crippen LogP contribution in [0.3, 0.4) is 0 Å². The fraction of sp³-hybridized carbons (Fsp3) is 0.867. The summed E-state index contributed by atoms with van der Waals surface area (Å²) in [6.07, 6.45) is 11.8. The van der Waals surface area contributed by atoms with Crippen LogP contribution in [-0.4, -0.2) is 16.9 Å². The van der Waals surface area contributed by atoms with Gasteiger partial charge in [-0.1, -0.05) is 60.1 Å². The number of fused-ring (bicyclic) bond motifs is 7. The normalized spacial score (nSPS) is 50.2. The van der Waals surface area contributed by atoms with Crippen LogP contribution >= 0.6 is 0 Å². The average Bonchev–Trinajstić information content (AvgIpc) is 2.70. The Bertz CT molecular complexity index is 912. The summed E-state index contributed by atoms with van der Waals surface area (Å²) < 4.78 is 0. The van der Waals surface area contributed by atoms with E-state index in [1.807, 2.05) is 0 Å². The van der Waals surface area contributed by atoms with Gasteiger partial charge in [-0.05, 0) is 96.7 Å². The first kappa shape index (κ1) is 23.6. The van der Waals surface area contributed by atoms with Gasteiger partial charge in [0.15, 0.2) is 0 Å². The highest BCUT2D eigenvalue weighted by Gasteiger charge is 2.68. The van der Waals surface area contributed by atoms with Crippen LogP contribution in [0.25, 0.3) is 0 Å². The summed E-state index contributed by atoms with van der Waals surface area (Å²) in [7, 11) is 0. The maximum absolute atomic E-state index is 12.9. The van der Waals surface area contributed by atoms with Gasteiger partial charge in [-0.3, -0.25) is 9.59 Å². The molecule has 0 aromatic rings. The highest BCUT2D eigenvalue weighted by Crippen LogP contribution is 2.74. The fourth-order valence-electron chi connectivity index (χ4n) is 10.6. The van der Waals surface area contributed by atoms with Crippen molar-refractivity contribution in [1.82, 2.24) is 0 Å². The molecule has 184 valence electrons. The van der Waals surface area contributed by atoms with Gasteiger partial charge in [0, 0.05) is 11.8 Å². The molecule has 0 aromatic carbocycles. The Kier molecular flexibility index (Phi) is 4.99. The van der Waals surface area contributed by atoms with Crippen LogP contribution in [0.4, 0.5) is 0 Å². The summed E-state index contributed by atoms with van der Waals surface area (Å²) in [4.78, 5) is 25.5. The van der Waals surface area contributed by atoms with Gasteiger partial charge in [0.25, 0.3) is 0 Å². The average molecular weight is 455 g/mol. The highest BCUT2D eigenvalue weighted by molar-refractivity contribution is 5.85. The lowest BCUT2D eigenvalue weighted by Crippen LogP contribution is -2.64. The molecule has 0 aliphatic heterocycles. The van der Waals surface area contributed by atoms with Gasteiger partial charge in [-0.25, -0.2) is 0 Å². The smallest absolute Gasteiger partial charge is 0.306 e. The van der Waals surface area contributed by atoms with E-state index in [0.29, 0.717) is 41.3 Å². The summed E-state index contributed by atoms with van der Waals surface area (Å²) >= 11 is 0. The monoisotopic (exact) mass is 454 g/mol. The Balaban J connectivity index is 1.61. The first-order chi connectivity index (χ1) is 15.2. The van der Waals surface area contributed by atoms with Gasteiger partial charge in [0.1, 0.15) is 5.78 Å². The van der Waals surface area contributed by atoms with Gasteiger partial charge in [-0.2, -0.15) is 0 Å². The van der Waals surface area contributed by atoms with Crippen molar-refractivity contribution in [3.63, 3.8) is 0 Å². The minimum Gasteiger partial charge on any atom is -0.481 e. The van der Waals surface area contributed by atoms with Crippen LogP contribution < -0.4 is 0 Å². The molecule has 33 heavy (non-hydrogen) atoms. The Morgan fingerprint density at radius 2 is 1.58 bits per heavy atom. The zero-order valence-electron chi connectivity index (χ0n) is 22.1. The molecular weight excluding hydrogens is 408 g/mol. The third-order valence-electron chi connectivity index (χ3n) is 12.5. The lowest BCUT2D eigenvalue weighted by Gasteiger charge is -2.70. The Hall–Kier alpha value is -1.12. The molecule has 8 atom stereocenters. The molecule has 5 aliphatic rings. The summed E-state index contributed by atoms with van der Waals surface area (Å²) in [6.45, 7) is 16.6. The molecule has 1 N–H and O–H groups in total. The van der Waals surface area contributed by atoms with E-state index in [0.717, 1.165) is 51.4 Å². The molecule has 5 rings (SSSR count). The van der Waals surface area contributed by atoms with E-state index in [1.54, 1.807) is 5.57 Å². The largest absolute Gasteiger partial charge is 0.481 e. The van der Waals surface area contributed by atoms with E-state index >= 15 is 0 Å². The number of ketones is 1. The van der Waals surface area contributed by atoms with Crippen LogP contribution in [0, 0.1) is 56.7 Å². The van der Waals surface area contributed by atoms with Crippen LogP contribution in [0.1, 0.15) is 106 Å². The number of carboxylic acids is 1. The van der Waals surface area contributed by atoms with Crippen molar-refractivity contribution >= 4 is 11.8 Å². The number of carboxylic acid groups (broad SMARTS) is 1. The molecule has 3 heteroatoms. The van der Waals surface area contributed by atoms with E-state index in [4.69, 9.17) is 0 Å². The van der Waals surface area contributed by atoms with Crippen LogP contribution in [0.2, 0.25) is 0 Å². The van der Waals surface area contributed by atoms with Gasteiger partial charge in [0.2, 0.25) is 0 Å². The first-order valence-electron chi connectivity index (χ1n) is 13.6. The number of carbonyl (C=O) groups excluding carboxylic acids is 1. The number of hydrogen-bond donors (Lipinski definition) is 1. The van der Waals surface area contributed by atoms with Crippen molar-refractivity contribution in [2.24, 2.45) is 56.7 Å². The maximum Gasteiger partial charge on any atom is 0.306 e. The molecule has 4 saturated carbocycles. The maximum atomic E-state index is 12.9. The summed E-state index contributed by atoms with van der Waals surface area (Å²) in [5.74, 6) is 1.31. The summed E-state index contributed by atoms with van der Waals surface area (Å²) in [5, 5.41) is 10.4. The number of rotatable bonds is 1. The van der Waals surface area contributed by atoms with Crippen molar-refractivity contribution in [2.75, 3.05) is 0 Å². The number of allylic oxidation sites excluding steroid dienone is 2. The van der Waals surface area contributed by atoms with Gasteiger partial charge in [-0.15, -0.1) is 0 Å². The Labute approximate surface area is 201 Å². The molecule has 3 nitrogen and oxygen atoms in total. The molecule has 0 spiro atoms. The zero-order valence-corrected chi connectivity index (χ0v) is 22.1. The Morgan fingerprint density at radius 1 is 0.909 bits per heavy atom. The highest BCUT2D eigenvalue weighted by atomic mass is 16.4. The molecular formula is C30H46O3. The standard InChI is InChI=1S/C30H46O3/c1-26(2)13-10-18-19(16-26)21-11-14-30(7)23(28(21,5)17-20(18)25(32)33)9-8-22-27(3,4)24(31)12-15-29(22,30)6/h11,18-20,22-23H,8-10,12-17H2,1-7H3,(H,32,33)/t18-,19-,20-,22+,23-,28+,29+,30+/m0/s1. The SMILES string of the molecule is CC1(C)CC[C@@H]2[C@@H](C(=O)O)C[C@]3(C)C(=CC[C@]4(C)[C@H]3CC[C@@H]3C(C)(C)C(=O)CC[C@]34C)[C@H]2C1.